The van der Waals surface area contributed by atoms with Crippen LogP contribution in [-0.2, 0) is 6.54 Å². The van der Waals surface area contributed by atoms with Crippen LogP contribution >= 0.6 is 24.0 Å². The van der Waals surface area contributed by atoms with E-state index < -0.39 is 0 Å². The summed E-state index contributed by atoms with van der Waals surface area (Å²) in [6.45, 7) is 11.4. The van der Waals surface area contributed by atoms with Crippen molar-refractivity contribution in [3.8, 4) is 0 Å². The van der Waals surface area contributed by atoms with Gasteiger partial charge in [0.25, 0.3) is 0 Å². The number of guanidine groups is 1. The molecule has 1 N–H and O–H groups in total. The second-order valence-electron chi connectivity index (χ2n) is 7.22. The van der Waals surface area contributed by atoms with Gasteiger partial charge in [0.05, 0.1) is 5.69 Å². The lowest BCUT2D eigenvalue weighted by Gasteiger charge is -2.36. The van der Waals surface area contributed by atoms with Gasteiger partial charge in [-0.3, -0.25) is 9.89 Å². The number of piperazine rings is 1. The number of nitrogens with zero attached hydrogens (tertiary/aromatic N) is 5. The highest BCUT2D eigenvalue weighted by Crippen LogP contribution is 2.15. The molecule has 1 aromatic heterocycles. The standard InChI is InChI=1S/C18H32N6O.HI/c1-3-19-18(20-13-16-5-4-7-22(2)14-16)24-10-8-23(9-11-24)15-17-6-12-25-21-17;/h6,12,16H,3-5,7-11,13-15H2,1-2H3,(H,19,20);1H. The maximum absolute atomic E-state index is 4.95. The molecule has 0 radical (unpaired) electrons. The number of likely N-dealkylation sites (tertiary alicyclic amines) is 1. The van der Waals surface area contributed by atoms with Gasteiger partial charge in [-0.2, -0.15) is 0 Å². The van der Waals surface area contributed by atoms with Crippen LogP contribution in [0, 0.1) is 5.92 Å². The SMILES string of the molecule is CCNC(=NCC1CCCN(C)C1)N1CCN(Cc2ccon2)CC1.I. The van der Waals surface area contributed by atoms with Gasteiger partial charge in [-0.15, -0.1) is 24.0 Å². The number of halogens is 1. The molecule has 7 nitrogen and oxygen atoms in total. The number of rotatable bonds is 5. The lowest BCUT2D eigenvalue weighted by Crippen LogP contribution is -2.52. The first-order valence-corrected chi connectivity index (χ1v) is 9.58. The summed E-state index contributed by atoms with van der Waals surface area (Å²) in [5.41, 5.74) is 1.01. The lowest BCUT2D eigenvalue weighted by molar-refractivity contribution is 0.168. The molecule has 1 atom stereocenters. The average Bonchev–Trinajstić information content (AvgIpc) is 3.12. The van der Waals surface area contributed by atoms with E-state index in [1.165, 1.54) is 25.9 Å². The van der Waals surface area contributed by atoms with Crippen LogP contribution in [0.5, 0.6) is 0 Å². The molecule has 1 unspecified atom stereocenters. The molecule has 8 heteroatoms. The van der Waals surface area contributed by atoms with Gasteiger partial charge < -0.3 is 19.6 Å². The van der Waals surface area contributed by atoms with Crippen molar-refractivity contribution in [1.82, 2.24) is 25.2 Å². The van der Waals surface area contributed by atoms with Gasteiger partial charge in [-0.1, -0.05) is 5.16 Å². The largest absolute Gasteiger partial charge is 0.364 e. The zero-order chi connectivity index (χ0) is 17.5. The molecule has 0 saturated carbocycles. The first kappa shape index (κ1) is 21.4. The Balaban J connectivity index is 0.00000243. The van der Waals surface area contributed by atoms with Crippen molar-refractivity contribution in [1.29, 1.82) is 0 Å². The molecule has 2 saturated heterocycles. The number of hydrogen-bond acceptors (Lipinski definition) is 5. The van der Waals surface area contributed by atoms with Gasteiger partial charge in [0, 0.05) is 58.4 Å². The Morgan fingerprint density at radius 1 is 1.31 bits per heavy atom. The summed E-state index contributed by atoms with van der Waals surface area (Å²) in [6.07, 6.45) is 4.25. The molecule has 2 fully saturated rings. The predicted octanol–water partition coefficient (Wildman–Crippen LogP) is 1.72. The number of piperidine rings is 1. The number of aromatic nitrogens is 1. The minimum Gasteiger partial charge on any atom is -0.364 e. The maximum Gasteiger partial charge on any atom is 0.194 e. The molecule has 0 aliphatic carbocycles. The summed E-state index contributed by atoms with van der Waals surface area (Å²) in [5.74, 6) is 1.78. The van der Waals surface area contributed by atoms with Gasteiger partial charge in [0.15, 0.2) is 5.96 Å². The Kier molecular flexibility index (Phi) is 9.13. The smallest absolute Gasteiger partial charge is 0.194 e. The van der Waals surface area contributed by atoms with E-state index in [2.05, 4.69) is 39.1 Å². The van der Waals surface area contributed by atoms with Gasteiger partial charge in [0.1, 0.15) is 6.26 Å². The summed E-state index contributed by atoms with van der Waals surface area (Å²) in [6, 6.07) is 1.94. The summed E-state index contributed by atoms with van der Waals surface area (Å²) < 4.78 is 4.92. The molecule has 0 bridgehead atoms. The van der Waals surface area contributed by atoms with Crippen molar-refractivity contribution in [3.05, 3.63) is 18.0 Å². The van der Waals surface area contributed by atoms with Crippen molar-refractivity contribution in [3.63, 3.8) is 0 Å². The molecule has 0 spiro atoms. The van der Waals surface area contributed by atoms with Gasteiger partial charge >= 0.3 is 0 Å². The van der Waals surface area contributed by atoms with Crippen molar-refractivity contribution in [2.45, 2.75) is 26.3 Å². The van der Waals surface area contributed by atoms with Crippen LogP contribution in [0.3, 0.4) is 0 Å². The number of nitrogens with one attached hydrogen (secondary N) is 1. The quantitative estimate of drug-likeness (QED) is 0.397. The molecule has 2 aliphatic rings. The van der Waals surface area contributed by atoms with Crippen LogP contribution < -0.4 is 5.32 Å². The van der Waals surface area contributed by atoms with Crippen molar-refractivity contribution in [2.75, 3.05) is 59.4 Å². The molecular weight excluding hydrogens is 443 g/mol. The maximum atomic E-state index is 4.95. The fourth-order valence-electron chi connectivity index (χ4n) is 3.73. The van der Waals surface area contributed by atoms with E-state index in [9.17, 15) is 0 Å². The van der Waals surface area contributed by atoms with Crippen LogP contribution in [0.15, 0.2) is 21.8 Å². The summed E-state index contributed by atoms with van der Waals surface area (Å²) in [5, 5.41) is 7.49. The zero-order valence-electron chi connectivity index (χ0n) is 16.1. The van der Waals surface area contributed by atoms with Gasteiger partial charge in [0.2, 0.25) is 0 Å². The molecule has 0 amide bonds. The van der Waals surface area contributed by atoms with Crippen molar-refractivity contribution >= 4 is 29.9 Å². The Hall–Kier alpha value is -0.870. The minimum absolute atomic E-state index is 0. The third-order valence-electron chi connectivity index (χ3n) is 5.10. The third kappa shape index (κ3) is 6.38. The first-order valence-electron chi connectivity index (χ1n) is 9.58. The number of hydrogen-bond donors (Lipinski definition) is 1. The van der Waals surface area contributed by atoms with Gasteiger partial charge in [-0.05, 0) is 39.3 Å². The average molecular weight is 476 g/mol. The van der Waals surface area contributed by atoms with Crippen LogP contribution in [0.25, 0.3) is 0 Å². The van der Waals surface area contributed by atoms with Crippen LogP contribution in [0.2, 0.25) is 0 Å². The van der Waals surface area contributed by atoms with Crippen molar-refractivity contribution < 1.29 is 4.52 Å². The highest BCUT2D eigenvalue weighted by Gasteiger charge is 2.21. The van der Waals surface area contributed by atoms with Crippen LogP contribution in [-0.4, -0.2) is 85.2 Å². The zero-order valence-corrected chi connectivity index (χ0v) is 18.4. The number of aliphatic imine (C=N–C) groups is 1. The Morgan fingerprint density at radius 3 is 2.77 bits per heavy atom. The van der Waals surface area contributed by atoms with E-state index in [1.54, 1.807) is 6.26 Å². The Labute approximate surface area is 174 Å². The van der Waals surface area contributed by atoms with E-state index in [-0.39, 0.29) is 24.0 Å². The molecule has 3 heterocycles. The monoisotopic (exact) mass is 476 g/mol. The summed E-state index contributed by atoms with van der Waals surface area (Å²) >= 11 is 0. The Morgan fingerprint density at radius 2 is 2.12 bits per heavy atom. The molecule has 1 aromatic rings. The van der Waals surface area contributed by atoms with Gasteiger partial charge in [-0.25, -0.2) is 0 Å². The van der Waals surface area contributed by atoms with E-state index in [4.69, 9.17) is 9.52 Å². The highest BCUT2D eigenvalue weighted by atomic mass is 127. The third-order valence-corrected chi connectivity index (χ3v) is 5.10. The second kappa shape index (κ2) is 11.1. The summed E-state index contributed by atoms with van der Waals surface area (Å²) in [4.78, 5) is 12.2. The lowest BCUT2D eigenvalue weighted by atomic mass is 9.99. The van der Waals surface area contributed by atoms with Crippen LogP contribution in [0.4, 0.5) is 0 Å². The fourth-order valence-corrected chi connectivity index (χ4v) is 3.73. The summed E-state index contributed by atoms with van der Waals surface area (Å²) in [7, 11) is 2.22. The molecule has 26 heavy (non-hydrogen) atoms. The molecule has 0 aromatic carbocycles. The molecule has 148 valence electrons. The molecule has 3 rings (SSSR count). The minimum atomic E-state index is 0. The van der Waals surface area contributed by atoms with E-state index in [0.29, 0.717) is 5.92 Å². The van der Waals surface area contributed by atoms with Crippen LogP contribution in [0.1, 0.15) is 25.5 Å². The highest BCUT2D eigenvalue weighted by molar-refractivity contribution is 14.0. The van der Waals surface area contributed by atoms with E-state index in [1.807, 2.05) is 6.07 Å². The predicted molar refractivity (Wildman–Crippen MR) is 115 cm³/mol. The topological polar surface area (TPSA) is 60.1 Å². The fraction of sp³-hybridized carbons (Fsp3) is 0.778. The second-order valence-corrected chi connectivity index (χ2v) is 7.22. The molecule has 2 aliphatic heterocycles. The van der Waals surface area contributed by atoms with E-state index in [0.717, 1.165) is 57.5 Å². The first-order chi connectivity index (χ1) is 12.2. The van der Waals surface area contributed by atoms with E-state index >= 15 is 0 Å². The van der Waals surface area contributed by atoms with Crippen molar-refractivity contribution in [2.24, 2.45) is 10.9 Å². The Bertz CT molecular complexity index is 530. The normalized spacial score (nSPS) is 22.9. The molecular formula is C18H33IN6O.